The maximum absolute atomic E-state index is 11.9. The molecule has 0 atom stereocenters. The van der Waals surface area contributed by atoms with Gasteiger partial charge in [-0.05, 0) is 12.1 Å². The minimum Gasteiger partial charge on any atom is -0.496 e. The van der Waals surface area contributed by atoms with Crippen molar-refractivity contribution in [3.63, 3.8) is 0 Å². The lowest BCUT2D eigenvalue weighted by atomic mass is 10.1. The molecule has 0 aliphatic heterocycles. The van der Waals surface area contributed by atoms with Gasteiger partial charge in [-0.3, -0.25) is 4.79 Å². The van der Waals surface area contributed by atoms with E-state index in [1.165, 1.54) is 7.11 Å². The maximum atomic E-state index is 11.9. The van der Waals surface area contributed by atoms with Crippen molar-refractivity contribution in [3.05, 3.63) is 49.1 Å². The molecule has 0 saturated heterocycles. The summed E-state index contributed by atoms with van der Waals surface area (Å²) in [7, 11) is 1.51. The number of benzene rings is 1. The Morgan fingerprint density at radius 3 is 2.63 bits per heavy atom. The van der Waals surface area contributed by atoms with Gasteiger partial charge >= 0.3 is 0 Å². The zero-order valence-electron chi connectivity index (χ0n) is 11.1. The predicted octanol–water partition coefficient (Wildman–Crippen LogP) is 2.65. The van der Waals surface area contributed by atoms with Crippen molar-refractivity contribution in [2.45, 2.75) is 0 Å². The van der Waals surface area contributed by atoms with E-state index in [2.05, 4.69) is 13.2 Å². The molecular formula is C15H18O4. The third kappa shape index (κ3) is 4.60. The first kappa shape index (κ1) is 15.0. The van der Waals surface area contributed by atoms with Crippen molar-refractivity contribution in [2.24, 2.45) is 0 Å². The smallest absolute Gasteiger partial charge is 0.192 e. The molecule has 0 radical (unpaired) electrons. The van der Waals surface area contributed by atoms with Crippen LogP contribution in [0.5, 0.6) is 11.5 Å². The number of ether oxygens (including phenoxy) is 3. The molecule has 0 aliphatic carbocycles. The minimum absolute atomic E-state index is 0.00472. The maximum Gasteiger partial charge on any atom is 0.192 e. The van der Waals surface area contributed by atoms with Gasteiger partial charge in [-0.2, -0.15) is 0 Å². The molecular weight excluding hydrogens is 244 g/mol. The average molecular weight is 262 g/mol. The fraction of sp³-hybridized carbons (Fsp3) is 0.267. The van der Waals surface area contributed by atoms with Gasteiger partial charge in [0.15, 0.2) is 5.78 Å². The molecule has 1 aromatic carbocycles. The highest BCUT2D eigenvalue weighted by atomic mass is 16.5. The number of carbonyl (C=O) groups is 1. The van der Waals surface area contributed by atoms with Crippen LogP contribution >= 0.6 is 0 Å². The van der Waals surface area contributed by atoms with Crippen molar-refractivity contribution in [3.8, 4) is 11.5 Å². The number of hydrogen-bond acceptors (Lipinski definition) is 4. The highest BCUT2D eigenvalue weighted by molar-refractivity contribution is 5.99. The van der Waals surface area contributed by atoms with E-state index in [1.54, 1.807) is 30.4 Å². The molecule has 19 heavy (non-hydrogen) atoms. The average Bonchev–Trinajstić information content (AvgIpc) is 2.44. The summed E-state index contributed by atoms with van der Waals surface area (Å²) in [6.45, 7) is 7.83. The van der Waals surface area contributed by atoms with E-state index < -0.39 is 0 Å². The van der Waals surface area contributed by atoms with Gasteiger partial charge in [-0.25, -0.2) is 0 Å². The zero-order valence-corrected chi connectivity index (χ0v) is 11.1. The first-order valence-corrected chi connectivity index (χ1v) is 5.86. The van der Waals surface area contributed by atoms with E-state index in [9.17, 15) is 4.79 Å². The van der Waals surface area contributed by atoms with Crippen molar-refractivity contribution >= 4 is 5.78 Å². The molecule has 4 heteroatoms. The largest absolute Gasteiger partial charge is 0.496 e. The lowest BCUT2D eigenvalue weighted by Crippen LogP contribution is -2.10. The van der Waals surface area contributed by atoms with E-state index in [-0.39, 0.29) is 12.4 Å². The summed E-state index contributed by atoms with van der Waals surface area (Å²) in [5.74, 6) is 0.947. The number of carbonyl (C=O) groups excluding carboxylic acids is 1. The van der Waals surface area contributed by atoms with Crippen molar-refractivity contribution < 1.29 is 19.0 Å². The van der Waals surface area contributed by atoms with Crippen LogP contribution in [0.15, 0.2) is 43.5 Å². The quantitative estimate of drug-likeness (QED) is 0.390. The highest BCUT2D eigenvalue weighted by Crippen LogP contribution is 2.25. The molecule has 4 nitrogen and oxygen atoms in total. The summed E-state index contributed by atoms with van der Waals surface area (Å²) in [4.78, 5) is 11.9. The van der Waals surface area contributed by atoms with Crippen molar-refractivity contribution in [1.29, 1.82) is 0 Å². The SMILES string of the molecule is C=CCOCC(=O)c1ccc(OCC=C)cc1OC. The molecule has 0 N–H and O–H groups in total. The van der Waals surface area contributed by atoms with Crippen molar-refractivity contribution in [1.82, 2.24) is 0 Å². The molecule has 0 saturated carbocycles. The number of methoxy groups -OCH3 is 1. The lowest BCUT2D eigenvalue weighted by molar-refractivity contribution is 0.0803. The van der Waals surface area contributed by atoms with Gasteiger partial charge in [-0.1, -0.05) is 18.7 Å². The Labute approximate surface area is 113 Å². The van der Waals surface area contributed by atoms with Gasteiger partial charge in [-0.15, -0.1) is 6.58 Å². The van der Waals surface area contributed by atoms with Gasteiger partial charge in [0.25, 0.3) is 0 Å². The van der Waals surface area contributed by atoms with Crippen LogP contribution in [-0.2, 0) is 4.74 Å². The van der Waals surface area contributed by atoms with Gasteiger partial charge in [0, 0.05) is 6.07 Å². The van der Waals surface area contributed by atoms with Crippen molar-refractivity contribution in [2.75, 3.05) is 26.9 Å². The van der Waals surface area contributed by atoms with Crippen LogP contribution in [0.4, 0.5) is 0 Å². The third-order valence-corrected chi connectivity index (χ3v) is 2.31. The van der Waals surface area contributed by atoms with Crippen LogP contribution in [0, 0.1) is 0 Å². The number of Topliss-reactive ketones (excluding diaryl/α,β-unsaturated/α-hetero) is 1. The van der Waals surface area contributed by atoms with Gasteiger partial charge < -0.3 is 14.2 Å². The molecule has 1 rings (SSSR count). The second-order valence-corrected chi connectivity index (χ2v) is 3.69. The van der Waals surface area contributed by atoms with Crippen LogP contribution < -0.4 is 9.47 Å². The van der Waals surface area contributed by atoms with E-state index in [0.717, 1.165) is 0 Å². The summed E-state index contributed by atoms with van der Waals surface area (Å²) < 4.78 is 15.7. The fourth-order valence-corrected chi connectivity index (χ4v) is 1.46. The topological polar surface area (TPSA) is 44.8 Å². The van der Waals surface area contributed by atoms with Crippen LogP contribution in [-0.4, -0.2) is 32.7 Å². The Kier molecular flexibility index (Phi) is 6.39. The highest BCUT2D eigenvalue weighted by Gasteiger charge is 2.13. The Morgan fingerprint density at radius 2 is 2.00 bits per heavy atom. The van der Waals surface area contributed by atoms with Gasteiger partial charge in [0.1, 0.15) is 24.7 Å². The monoisotopic (exact) mass is 262 g/mol. The Bertz CT molecular complexity index is 451. The third-order valence-electron chi connectivity index (χ3n) is 2.31. The first-order valence-electron chi connectivity index (χ1n) is 5.86. The second kappa shape index (κ2) is 8.11. The predicted molar refractivity (Wildman–Crippen MR) is 74.0 cm³/mol. The summed E-state index contributed by atoms with van der Waals surface area (Å²) in [6.07, 6.45) is 3.24. The molecule has 0 aliphatic rings. The van der Waals surface area contributed by atoms with E-state index in [0.29, 0.717) is 30.3 Å². The Hall–Kier alpha value is -2.07. The van der Waals surface area contributed by atoms with Crippen LogP contribution in [0.25, 0.3) is 0 Å². The molecule has 0 amide bonds. The summed E-state index contributed by atoms with van der Waals surface area (Å²) in [6, 6.07) is 5.05. The van der Waals surface area contributed by atoms with E-state index in [1.807, 2.05) is 0 Å². The second-order valence-electron chi connectivity index (χ2n) is 3.69. The molecule has 0 fully saturated rings. The minimum atomic E-state index is -0.144. The molecule has 0 spiro atoms. The molecule has 0 aromatic heterocycles. The summed E-state index contributed by atoms with van der Waals surface area (Å²) >= 11 is 0. The first-order chi connectivity index (χ1) is 9.22. The molecule has 102 valence electrons. The summed E-state index contributed by atoms with van der Waals surface area (Å²) in [5.41, 5.74) is 0.470. The fourth-order valence-electron chi connectivity index (χ4n) is 1.46. The van der Waals surface area contributed by atoms with E-state index >= 15 is 0 Å². The summed E-state index contributed by atoms with van der Waals surface area (Å²) in [5, 5.41) is 0. The molecule has 0 bridgehead atoms. The van der Waals surface area contributed by atoms with Crippen LogP contribution in [0.3, 0.4) is 0 Å². The standard InChI is InChI=1S/C15H18O4/c1-4-8-18-11-14(16)13-7-6-12(19-9-5-2)10-15(13)17-3/h4-7,10H,1-2,8-9,11H2,3H3. The van der Waals surface area contributed by atoms with Crippen LogP contribution in [0.2, 0.25) is 0 Å². The lowest BCUT2D eigenvalue weighted by Gasteiger charge is -2.10. The van der Waals surface area contributed by atoms with Gasteiger partial charge in [0.2, 0.25) is 0 Å². The Morgan fingerprint density at radius 1 is 1.26 bits per heavy atom. The molecule has 0 unspecified atom stereocenters. The number of ketones is 1. The Balaban J connectivity index is 2.79. The molecule has 0 heterocycles. The van der Waals surface area contributed by atoms with Crippen LogP contribution in [0.1, 0.15) is 10.4 Å². The number of rotatable bonds is 9. The normalized spacial score (nSPS) is 9.74. The zero-order chi connectivity index (χ0) is 14.1. The molecule has 1 aromatic rings. The van der Waals surface area contributed by atoms with Gasteiger partial charge in [0.05, 0.1) is 19.3 Å². The number of hydrogen-bond donors (Lipinski definition) is 0. The van der Waals surface area contributed by atoms with E-state index in [4.69, 9.17) is 14.2 Å².